The molecule has 0 spiro atoms. The number of rotatable bonds is 14. The summed E-state index contributed by atoms with van der Waals surface area (Å²) < 4.78 is 0. The van der Waals surface area contributed by atoms with Gasteiger partial charge in [-0.1, -0.05) is 87.4 Å². The monoisotopic (exact) mass is 508 g/mol. The van der Waals surface area contributed by atoms with Crippen LogP contribution in [0.3, 0.4) is 0 Å². The van der Waals surface area contributed by atoms with Crippen molar-refractivity contribution in [2.45, 2.75) is 76.7 Å². The summed E-state index contributed by atoms with van der Waals surface area (Å²) in [6.07, 6.45) is 10.8. The van der Waals surface area contributed by atoms with Gasteiger partial charge in [-0.15, -0.1) is 0 Å². The van der Waals surface area contributed by atoms with Gasteiger partial charge in [0.2, 0.25) is 5.91 Å². The van der Waals surface area contributed by atoms with Gasteiger partial charge in [0.25, 0.3) is 5.91 Å². The fraction of sp³-hybridized carbons (Fsp3) is 0.500. The van der Waals surface area contributed by atoms with E-state index in [1.54, 1.807) is 12.1 Å². The number of carbonyl (C=O) groups excluding carboxylic acids is 2. The molecule has 2 aromatic carbocycles. The van der Waals surface area contributed by atoms with E-state index >= 15 is 0 Å². The second kappa shape index (κ2) is 15.2. The maximum Gasteiger partial charge on any atom is 0.303 e. The third-order valence-corrected chi connectivity index (χ3v) is 7.14. The number of aliphatic hydroxyl groups excluding tert-OH is 1. The number of carboxylic acids is 1. The molecule has 37 heavy (non-hydrogen) atoms. The Morgan fingerprint density at radius 2 is 1.70 bits per heavy atom. The van der Waals surface area contributed by atoms with Crippen LogP contribution in [0.4, 0.5) is 0 Å². The highest BCUT2D eigenvalue weighted by atomic mass is 16.4. The summed E-state index contributed by atoms with van der Waals surface area (Å²) in [5, 5.41) is 24.2. The zero-order valence-corrected chi connectivity index (χ0v) is 21.6. The molecule has 3 rings (SSSR count). The molecule has 0 radical (unpaired) electrons. The van der Waals surface area contributed by atoms with Gasteiger partial charge in [-0.2, -0.15) is 0 Å². The van der Waals surface area contributed by atoms with Crippen LogP contribution in [0.15, 0.2) is 48.5 Å². The van der Waals surface area contributed by atoms with E-state index in [9.17, 15) is 19.5 Å². The number of hydrogen-bond acceptors (Lipinski definition) is 4. The van der Waals surface area contributed by atoms with Crippen LogP contribution < -0.4 is 10.6 Å². The summed E-state index contributed by atoms with van der Waals surface area (Å²) in [5.41, 5.74) is 3.12. The van der Waals surface area contributed by atoms with Crippen molar-refractivity contribution in [3.63, 3.8) is 0 Å². The molecule has 1 aliphatic rings. The lowest BCUT2D eigenvalue weighted by Gasteiger charge is -2.21. The molecule has 1 aliphatic carbocycles. The second-order valence-electron chi connectivity index (χ2n) is 10.0. The summed E-state index contributed by atoms with van der Waals surface area (Å²) in [6, 6.07) is 13.8. The average Bonchev–Trinajstić information content (AvgIpc) is 2.91. The quantitative estimate of drug-likeness (QED) is 0.285. The molecule has 1 atom stereocenters. The van der Waals surface area contributed by atoms with E-state index in [1.807, 2.05) is 36.4 Å². The molecule has 2 aromatic rings. The molecule has 2 amide bonds. The lowest BCUT2D eigenvalue weighted by molar-refractivity contribution is -0.137. The molecule has 7 nitrogen and oxygen atoms in total. The number of hydrogen-bond donors (Lipinski definition) is 4. The van der Waals surface area contributed by atoms with Crippen LogP contribution in [0.1, 0.15) is 84.8 Å². The minimum Gasteiger partial charge on any atom is -0.481 e. The van der Waals surface area contributed by atoms with Gasteiger partial charge in [0.15, 0.2) is 0 Å². The Balaban J connectivity index is 1.51. The fourth-order valence-corrected chi connectivity index (χ4v) is 5.06. The third kappa shape index (κ3) is 9.65. The highest BCUT2D eigenvalue weighted by Crippen LogP contribution is 2.27. The number of nitrogens with one attached hydrogen (secondary N) is 2. The van der Waals surface area contributed by atoms with Gasteiger partial charge in [-0.05, 0) is 47.9 Å². The third-order valence-electron chi connectivity index (χ3n) is 7.14. The molecular formula is C30H40N2O5. The van der Waals surface area contributed by atoms with Crippen LogP contribution >= 0.6 is 0 Å². The minimum absolute atomic E-state index is 0.0631. The standard InChI is InChI=1S/C30H40N2O5/c33-21-27(30(37)31-18-7-6-11-22-9-2-1-3-10-22)32-29(36)26-15-5-4-14-25(26)20-24-13-8-12-23(19-24)16-17-28(34)35/h4-5,8,12-15,19,22,27,33H,1-3,6-7,9-11,16-18,20-21H2,(H,31,37)(H,32,36)(H,34,35). The first-order chi connectivity index (χ1) is 18.0. The van der Waals surface area contributed by atoms with Crippen molar-refractivity contribution in [3.8, 4) is 0 Å². The van der Waals surface area contributed by atoms with Crippen molar-refractivity contribution < 1.29 is 24.6 Å². The molecule has 1 unspecified atom stereocenters. The highest BCUT2D eigenvalue weighted by Gasteiger charge is 2.22. The summed E-state index contributed by atoms with van der Waals surface area (Å²) in [5.74, 6) is -0.809. The zero-order valence-electron chi connectivity index (χ0n) is 21.6. The summed E-state index contributed by atoms with van der Waals surface area (Å²) in [4.78, 5) is 36.5. The van der Waals surface area contributed by atoms with Crippen molar-refractivity contribution in [1.82, 2.24) is 10.6 Å². The van der Waals surface area contributed by atoms with Crippen LogP contribution in [0, 0.1) is 5.92 Å². The Labute approximate surface area is 219 Å². The van der Waals surface area contributed by atoms with Gasteiger partial charge in [0.05, 0.1) is 6.61 Å². The lowest BCUT2D eigenvalue weighted by Crippen LogP contribution is -2.49. The van der Waals surface area contributed by atoms with Crippen LogP contribution in [0.5, 0.6) is 0 Å². The van der Waals surface area contributed by atoms with E-state index in [1.165, 1.54) is 38.5 Å². The van der Waals surface area contributed by atoms with Gasteiger partial charge in [-0.3, -0.25) is 14.4 Å². The predicted molar refractivity (Wildman–Crippen MR) is 143 cm³/mol. The molecule has 1 saturated carbocycles. The topological polar surface area (TPSA) is 116 Å². The fourth-order valence-electron chi connectivity index (χ4n) is 5.06. The van der Waals surface area contributed by atoms with Crippen molar-refractivity contribution in [2.75, 3.05) is 13.2 Å². The smallest absolute Gasteiger partial charge is 0.303 e. The maximum atomic E-state index is 13.1. The molecule has 0 saturated heterocycles. The molecular weight excluding hydrogens is 468 g/mol. The molecule has 7 heteroatoms. The van der Waals surface area contributed by atoms with Crippen LogP contribution in [0.2, 0.25) is 0 Å². The summed E-state index contributed by atoms with van der Waals surface area (Å²) in [7, 11) is 0. The number of aliphatic carboxylic acids is 1. The molecule has 1 fully saturated rings. The first-order valence-corrected chi connectivity index (χ1v) is 13.5. The van der Waals surface area contributed by atoms with Crippen molar-refractivity contribution in [2.24, 2.45) is 5.92 Å². The largest absolute Gasteiger partial charge is 0.481 e. The SMILES string of the molecule is O=C(O)CCc1cccc(Cc2ccccc2C(=O)NC(CO)C(=O)NCCCCC2CCCCC2)c1. The van der Waals surface area contributed by atoms with E-state index in [2.05, 4.69) is 10.6 Å². The van der Waals surface area contributed by atoms with Gasteiger partial charge < -0.3 is 20.8 Å². The second-order valence-corrected chi connectivity index (χ2v) is 10.0. The average molecular weight is 509 g/mol. The number of unbranched alkanes of at least 4 members (excludes halogenated alkanes) is 1. The van der Waals surface area contributed by atoms with Crippen LogP contribution in [-0.2, 0) is 22.4 Å². The Hall–Kier alpha value is -3.19. The summed E-state index contributed by atoms with van der Waals surface area (Å²) in [6.45, 7) is 0.0557. The van der Waals surface area contributed by atoms with E-state index in [-0.39, 0.29) is 12.3 Å². The van der Waals surface area contributed by atoms with Gasteiger partial charge in [-0.25, -0.2) is 0 Å². The maximum absolute atomic E-state index is 13.1. The lowest BCUT2D eigenvalue weighted by atomic mass is 9.86. The molecule has 0 bridgehead atoms. The molecule has 0 aliphatic heterocycles. The van der Waals surface area contributed by atoms with E-state index in [0.717, 1.165) is 35.4 Å². The molecule has 0 aromatic heterocycles. The van der Waals surface area contributed by atoms with E-state index in [4.69, 9.17) is 5.11 Å². The minimum atomic E-state index is -1.02. The normalized spacial score (nSPS) is 14.6. The van der Waals surface area contributed by atoms with Crippen molar-refractivity contribution in [3.05, 3.63) is 70.8 Å². The zero-order chi connectivity index (χ0) is 26.5. The van der Waals surface area contributed by atoms with Gasteiger partial charge in [0.1, 0.15) is 6.04 Å². The van der Waals surface area contributed by atoms with Crippen LogP contribution in [-0.4, -0.2) is 47.2 Å². The van der Waals surface area contributed by atoms with E-state index < -0.39 is 24.5 Å². The number of benzene rings is 2. The first kappa shape index (κ1) is 28.4. The van der Waals surface area contributed by atoms with Crippen molar-refractivity contribution >= 4 is 17.8 Å². The molecule has 4 N–H and O–H groups in total. The number of amides is 2. The Kier molecular flexibility index (Phi) is 11.6. The number of carbonyl (C=O) groups is 3. The molecule has 0 heterocycles. The van der Waals surface area contributed by atoms with E-state index in [0.29, 0.717) is 24.9 Å². The van der Waals surface area contributed by atoms with Gasteiger partial charge >= 0.3 is 5.97 Å². The Morgan fingerprint density at radius 1 is 0.946 bits per heavy atom. The summed E-state index contributed by atoms with van der Waals surface area (Å²) >= 11 is 0. The molecule has 200 valence electrons. The van der Waals surface area contributed by atoms with Crippen molar-refractivity contribution in [1.29, 1.82) is 0 Å². The first-order valence-electron chi connectivity index (χ1n) is 13.5. The highest BCUT2D eigenvalue weighted by molar-refractivity contribution is 5.98. The number of aliphatic hydroxyl groups is 1. The van der Waals surface area contributed by atoms with Crippen LogP contribution in [0.25, 0.3) is 0 Å². The number of carboxylic acid groups (broad SMARTS) is 1. The van der Waals surface area contributed by atoms with Gasteiger partial charge in [0, 0.05) is 18.5 Å². The Bertz CT molecular complexity index is 1030. The predicted octanol–water partition coefficient (Wildman–Crippen LogP) is 4.25. The Morgan fingerprint density at radius 3 is 2.46 bits per heavy atom. The number of aryl methyl sites for hydroxylation is 1.